The summed E-state index contributed by atoms with van der Waals surface area (Å²) in [4.78, 5) is 0. The summed E-state index contributed by atoms with van der Waals surface area (Å²) in [5.41, 5.74) is 1.01. The summed E-state index contributed by atoms with van der Waals surface area (Å²) < 4.78 is 12.0. The van der Waals surface area contributed by atoms with Crippen LogP contribution in [-0.2, 0) is 0 Å². The fourth-order valence-corrected chi connectivity index (χ4v) is 2.58. The van der Waals surface area contributed by atoms with Gasteiger partial charge < -0.3 is 14.8 Å². The Morgan fingerprint density at radius 2 is 1.82 bits per heavy atom. The number of halogens is 2. The highest BCUT2D eigenvalue weighted by molar-refractivity contribution is 6.31. The molecule has 116 valence electrons. The largest absolute Gasteiger partial charge is 0.484 e. The molecule has 0 amide bonds. The van der Waals surface area contributed by atoms with Crippen LogP contribution in [0.5, 0.6) is 11.5 Å². The van der Waals surface area contributed by atoms with Crippen LogP contribution in [-0.4, -0.2) is 19.2 Å². The summed E-state index contributed by atoms with van der Waals surface area (Å²) in [5.74, 6) is 1.36. The molecule has 0 saturated carbocycles. The monoisotopic (exact) mass is 337 g/mol. The van der Waals surface area contributed by atoms with Crippen molar-refractivity contribution < 1.29 is 9.47 Å². The molecule has 0 aromatic heterocycles. The summed E-state index contributed by atoms with van der Waals surface area (Å²) >= 11 is 12.1. The number of hydrogen-bond donors (Lipinski definition) is 1. The first-order chi connectivity index (χ1) is 10.6. The van der Waals surface area contributed by atoms with Gasteiger partial charge in [-0.3, -0.25) is 0 Å². The van der Waals surface area contributed by atoms with E-state index in [9.17, 15) is 0 Å². The SMILES string of the molecule is CC(Oc1ccc(Cl)cc1OC1CNC1)c1cccc(Cl)c1. The van der Waals surface area contributed by atoms with Gasteiger partial charge in [0.2, 0.25) is 0 Å². The second-order valence-corrected chi connectivity index (χ2v) is 6.18. The van der Waals surface area contributed by atoms with Gasteiger partial charge in [-0.05, 0) is 36.8 Å². The second kappa shape index (κ2) is 6.78. The summed E-state index contributed by atoms with van der Waals surface area (Å²) in [5, 5.41) is 4.50. The van der Waals surface area contributed by atoms with Crippen molar-refractivity contribution in [3.63, 3.8) is 0 Å². The minimum atomic E-state index is -0.137. The van der Waals surface area contributed by atoms with Gasteiger partial charge in [0, 0.05) is 29.2 Å². The van der Waals surface area contributed by atoms with Gasteiger partial charge in [0.1, 0.15) is 12.2 Å². The van der Waals surface area contributed by atoms with Crippen LogP contribution in [0.1, 0.15) is 18.6 Å². The van der Waals surface area contributed by atoms with E-state index in [0.717, 1.165) is 18.7 Å². The van der Waals surface area contributed by atoms with Crippen molar-refractivity contribution in [2.24, 2.45) is 0 Å². The smallest absolute Gasteiger partial charge is 0.163 e. The van der Waals surface area contributed by atoms with Crippen LogP contribution < -0.4 is 14.8 Å². The molecule has 1 fully saturated rings. The Morgan fingerprint density at radius 1 is 1.05 bits per heavy atom. The summed E-state index contributed by atoms with van der Waals surface area (Å²) in [7, 11) is 0. The van der Waals surface area contributed by atoms with Crippen molar-refractivity contribution in [1.82, 2.24) is 5.32 Å². The quantitative estimate of drug-likeness (QED) is 0.872. The average Bonchev–Trinajstić information content (AvgIpc) is 2.45. The van der Waals surface area contributed by atoms with E-state index in [1.165, 1.54) is 0 Å². The Kier molecular flexibility index (Phi) is 4.77. The van der Waals surface area contributed by atoms with Crippen LogP contribution in [0.4, 0.5) is 0 Å². The van der Waals surface area contributed by atoms with Crippen molar-refractivity contribution >= 4 is 23.2 Å². The van der Waals surface area contributed by atoms with Gasteiger partial charge in [-0.15, -0.1) is 0 Å². The molecule has 2 aromatic carbocycles. The van der Waals surface area contributed by atoms with E-state index in [1.807, 2.05) is 37.3 Å². The van der Waals surface area contributed by atoms with Crippen LogP contribution >= 0.6 is 23.2 Å². The molecular weight excluding hydrogens is 321 g/mol. The van der Waals surface area contributed by atoms with E-state index >= 15 is 0 Å². The van der Waals surface area contributed by atoms with E-state index < -0.39 is 0 Å². The van der Waals surface area contributed by atoms with Crippen molar-refractivity contribution in [3.8, 4) is 11.5 Å². The second-order valence-electron chi connectivity index (χ2n) is 5.30. The Balaban J connectivity index is 1.78. The van der Waals surface area contributed by atoms with E-state index in [2.05, 4.69) is 5.32 Å². The lowest BCUT2D eigenvalue weighted by molar-refractivity contribution is 0.129. The molecule has 22 heavy (non-hydrogen) atoms. The normalized spacial score (nSPS) is 16.0. The molecule has 0 aliphatic carbocycles. The molecule has 1 N–H and O–H groups in total. The third kappa shape index (κ3) is 3.67. The molecule has 1 unspecified atom stereocenters. The van der Waals surface area contributed by atoms with Crippen molar-refractivity contribution in [2.45, 2.75) is 19.1 Å². The maximum Gasteiger partial charge on any atom is 0.163 e. The molecule has 0 bridgehead atoms. The molecule has 1 atom stereocenters. The predicted octanol–water partition coefficient (Wildman–Crippen LogP) is 4.48. The zero-order chi connectivity index (χ0) is 15.5. The summed E-state index contributed by atoms with van der Waals surface area (Å²) in [6.45, 7) is 3.67. The van der Waals surface area contributed by atoms with Gasteiger partial charge in [-0.2, -0.15) is 0 Å². The first-order valence-corrected chi connectivity index (χ1v) is 7.96. The van der Waals surface area contributed by atoms with Crippen LogP contribution in [0.25, 0.3) is 0 Å². The molecule has 5 heteroatoms. The minimum Gasteiger partial charge on any atom is -0.484 e. The van der Waals surface area contributed by atoms with Crippen LogP contribution in [0.3, 0.4) is 0 Å². The van der Waals surface area contributed by atoms with Gasteiger partial charge in [-0.1, -0.05) is 35.3 Å². The average molecular weight is 338 g/mol. The number of hydrogen-bond acceptors (Lipinski definition) is 3. The Bertz CT molecular complexity index is 659. The third-order valence-electron chi connectivity index (χ3n) is 3.57. The van der Waals surface area contributed by atoms with Crippen LogP contribution in [0.15, 0.2) is 42.5 Å². The van der Waals surface area contributed by atoms with E-state index in [-0.39, 0.29) is 12.2 Å². The third-order valence-corrected chi connectivity index (χ3v) is 4.04. The lowest BCUT2D eigenvalue weighted by Crippen LogP contribution is -2.50. The molecular formula is C17H17Cl2NO2. The highest BCUT2D eigenvalue weighted by atomic mass is 35.5. The molecule has 0 radical (unpaired) electrons. The van der Waals surface area contributed by atoms with Crippen molar-refractivity contribution in [1.29, 1.82) is 0 Å². The van der Waals surface area contributed by atoms with E-state index in [0.29, 0.717) is 21.5 Å². The first kappa shape index (κ1) is 15.5. The first-order valence-electron chi connectivity index (χ1n) is 7.21. The van der Waals surface area contributed by atoms with Gasteiger partial charge in [0.15, 0.2) is 11.5 Å². The topological polar surface area (TPSA) is 30.5 Å². The van der Waals surface area contributed by atoms with Gasteiger partial charge >= 0.3 is 0 Å². The van der Waals surface area contributed by atoms with Crippen LogP contribution in [0.2, 0.25) is 10.0 Å². The molecule has 1 heterocycles. The Labute approximate surface area is 140 Å². The predicted molar refractivity (Wildman–Crippen MR) is 89.2 cm³/mol. The van der Waals surface area contributed by atoms with Gasteiger partial charge in [0.25, 0.3) is 0 Å². The highest BCUT2D eigenvalue weighted by Gasteiger charge is 2.21. The fraction of sp³-hybridized carbons (Fsp3) is 0.294. The fourth-order valence-electron chi connectivity index (χ4n) is 2.21. The number of benzene rings is 2. The summed E-state index contributed by atoms with van der Waals surface area (Å²) in [6, 6.07) is 13.1. The highest BCUT2D eigenvalue weighted by Crippen LogP contribution is 2.35. The summed E-state index contributed by atoms with van der Waals surface area (Å²) in [6.07, 6.45) is 0.0315. The van der Waals surface area contributed by atoms with Gasteiger partial charge in [-0.25, -0.2) is 0 Å². The molecule has 1 saturated heterocycles. The molecule has 1 aliphatic heterocycles. The maximum absolute atomic E-state index is 6.07. The lowest BCUT2D eigenvalue weighted by atomic mass is 10.1. The molecule has 3 rings (SSSR count). The molecule has 1 aliphatic rings. The Hall–Kier alpha value is -1.42. The number of nitrogens with one attached hydrogen (secondary N) is 1. The van der Waals surface area contributed by atoms with Gasteiger partial charge in [0.05, 0.1) is 0 Å². The van der Waals surface area contributed by atoms with Crippen molar-refractivity contribution in [3.05, 3.63) is 58.1 Å². The standard InChI is InChI=1S/C17H17Cl2NO2/c1-11(12-3-2-4-13(18)7-12)21-16-6-5-14(19)8-17(16)22-15-9-20-10-15/h2-8,11,15,20H,9-10H2,1H3. The van der Waals surface area contributed by atoms with Crippen molar-refractivity contribution in [2.75, 3.05) is 13.1 Å². The zero-order valence-electron chi connectivity index (χ0n) is 12.2. The molecule has 2 aromatic rings. The molecule has 0 spiro atoms. The zero-order valence-corrected chi connectivity index (χ0v) is 13.7. The Morgan fingerprint density at radius 3 is 2.50 bits per heavy atom. The maximum atomic E-state index is 6.07. The number of ether oxygens (including phenoxy) is 2. The number of rotatable bonds is 5. The molecule has 3 nitrogen and oxygen atoms in total. The van der Waals surface area contributed by atoms with E-state index in [1.54, 1.807) is 12.1 Å². The van der Waals surface area contributed by atoms with Crippen LogP contribution in [0, 0.1) is 0 Å². The lowest BCUT2D eigenvalue weighted by Gasteiger charge is -2.29. The van der Waals surface area contributed by atoms with E-state index in [4.69, 9.17) is 32.7 Å². The minimum absolute atomic E-state index is 0.137.